The van der Waals surface area contributed by atoms with E-state index in [9.17, 15) is 4.21 Å². The number of nitrogens with zero attached hydrogens (tertiary/aromatic N) is 2. The smallest absolute Gasteiger partial charge is 0.143 e. The number of fused-ring (bicyclic) bond motifs is 2. The molecule has 2 heterocycles. The van der Waals surface area contributed by atoms with E-state index in [-0.39, 0.29) is 0 Å². The molecule has 0 saturated heterocycles. The quantitative estimate of drug-likeness (QED) is 0.702. The molecular weight excluding hydrogens is 294 g/mol. The van der Waals surface area contributed by atoms with Crippen LogP contribution in [0.2, 0.25) is 0 Å². The van der Waals surface area contributed by atoms with E-state index >= 15 is 0 Å². The standard InChI is InChI=1S/C17H15N3OS/c1-20-15-8-4-3-7-14(15)19-17(20)12-22(21)16-9-5-2-6-13(16)10-11-18-22/h2-12H,1H3,(H,18,21). The topological polar surface area (TPSA) is 46.9 Å². The van der Waals surface area contributed by atoms with Gasteiger partial charge in [0.2, 0.25) is 0 Å². The van der Waals surface area contributed by atoms with Gasteiger partial charge in [-0.1, -0.05) is 30.3 Å². The Morgan fingerprint density at radius 2 is 1.91 bits per heavy atom. The van der Waals surface area contributed by atoms with Gasteiger partial charge in [0, 0.05) is 13.2 Å². The van der Waals surface area contributed by atoms with E-state index in [0.29, 0.717) is 5.82 Å². The number of nitrogens with one attached hydrogen (secondary N) is 1. The Bertz CT molecular complexity index is 1020. The van der Waals surface area contributed by atoms with Crippen LogP contribution in [0, 0.1) is 0 Å². The Balaban J connectivity index is 1.97. The molecule has 4 rings (SSSR count). The Morgan fingerprint density at radius 1 is 1.14 bits per heavy atom. The number of aryl methyl sites for hydroxylation is 1. The Morgan fingerprint density at radius 3 is 2.77 bits per heavy atom. The molecule has 0 spiro atoms. The molecule has 22 heavy (non-hydrogen) atoms. The van der Waals surface area contributed by atoms with Crippen LogP contribution in [0.3, 0.4) is 0 Å². The van der Waals surface area contributed by atoms with Crippen molar-refractivity contribution in [1.29, 1.82) is 0 Å². The van der Waals surface area contributed by atoms with Gasteiger partial charge < -0.3 is 9.29 Å². The minimum absolute atomic E-state index is 0.698. The summed E-state index contributed by atoms with van der Waals surface area (Å²) in [5.41, 5.74) is 2.90. The Labute approximate surface area is 129 Å². The zero-order valence-corrected chi connectivity index (χ0v) is 12.9. The molecule has 1 aliphatic heterocycles. The van der Waals surface area contributed by atoms with Gasteiger partial charge in [-0.3, -0.25) is 0 Å². The summed E-state index contributed by atoms with van der Waals surface area (Å²) in [5.74, 6) is 0.698. The molecule has 1 N–H and O–H groups in total. The largest absolute Gasteiger partial charge is 0.327 e. The molecule has 0 bridgehead atoms. The van der Waals surface area contributed by atoms with E-state index in [2.05, 4.69) is 9.71 Å². The third-order valence-corrected chi connectivity index (χ3v) is 5.90. The fraction of sp³-hybridized carbons (Fsp3) is 0.0588. The number of benzene rings is 2. The summed E-state index contributed by atoms with van der Waals surface area (Å²) >= 11 is 0. The van der Waals surface area contributed by atoms with Crippen LogP contribution in [0.15, 0.2) is 59.6 Å². The van der Waals surface area contributed by atoms with E-state index in [1.165, 1.54) is 0 Å². The van der Waals surface area contributed by atoms with Crippen molar-refractivity contribution in [3.63, 3.8) is 0 Å². The van der Waals surface area contributed by atoms with Crippen molar-refractivity contribution in [3.05, 3.63) is 66.1 Å². The maximum atomic E-state index is 13.4. The first-order valence-electron chi connectivity index (χ1n) is 7.01. The highest BCUT2D eigenvalue weighted by molar-refractivity contribution is 8.00. The summed E-state index contributed by atoms with van der Waals surface area (Å²) in [6, 6.07) is 15.6. The third kappa shape index (κ3) is 1.94. The van der Waals surface area contributed by atoms with Crippen LogP contribution >= 0.6 is 0 Å². The van der Waals surface area contributed by atoms with Crippen molar-refractivity contribution in [2.75, 3.05) is 0 Å². The van der Waals surface area contributed by atoms with Gasteiger partial charge in [0.1, 0.15) is 5.82 Å². The molecule has 5 heteroatoms. The van der Waals surface area contributed by atoms with E-state index in [1.54, 1.807) is 11.6 Å². The van der Waals surface area contributed by atoms with Crippen molar-refractivity contribution in [2.24, 2.45) is 7.05 Å². The van der Waals surface area contributed by atoms with Crippen LogP contribution in [0.4, 0.5) is 0 Å². The van der Waals surface area contributed by atoms with E-state index < -0.39 is 9.71 Å². The van der Waals surface area contributed by atoms with Gasteiger partial charge in [0.15, 0.2) is 0 Å². The normalized spacial score (nSPS) is 19.7. The second-order valence-electron chi connectivity index (χ2n) is 5.23. The lowest BCUT2D eigenvalue weighted by atomic mass is 10.2. The van der Waals surface area contributed by atoms with Crippen LogP contribution in [-0.2, 0) is 16.8 Å². The van der Waals surface area contributed by atoms with Crippen molar-refractivity contribution < 1.29 is 4.21 Å². The average molecular weight is 309 g/mol. The van der Waals surface area contributed by atoms with Crippen molar-refractivity contribution >= 4 is 32.2 Å². The maximum Gasteiger partial charge on any atom is 0.143 e. The van der Waals surface area contributed by atoms with Gasteiger partial charge in [-0.15, -0.1) is 0 Å². The zero-order valence-electron chi connectivity index (χ0n) is 12.1. The fourth-order valence-electron chi connectivity index (χ4n) is 2.70. The zero-order chi connectivity index (χ0) is 15.2. The number of hydrogen-bond donors (Lipinski definition) is 1. The summed E-state index contributed by atoms with van der Waals surface area (Å²) in [4.78, 5) is 5.38. The summed E-state index contributed by atoms with van der Waals surface area (Å²) in [6.45, 7) is 0. The molecular formula is C17H15N3OS. The molecule has 2 aromatic carbocycles. The molecule has 0 radical (unpaired) electrons. The number of imidazole rings is 1. The van der Waals surface area contributed by atoms with Gasteiger partial charge in [0.25, 0.3) is 0 Å². The SMILES string of the molecule is Cn1c(C=S2(=O)NC=Cc3ccccc32)nc2ccccc21. The van der Waals surface area contributed by atoms with Crippen LogP contribution in [0.1, 0.15) is 11.4 Å². The molecule has 110 valence electrons. The number of para-hydroxylation sites is 2. The molecule has 0 amide bonds. The van der Waals surface area contributed by atoms with Crippen LogP contribution in [0.5, 0.6) is 0 Å². The minimum Gasteiger partial charge on any atom is -0.327 e. The number of aromatic nitrogens is 2. The minimum atomic E-state index is -2.52. The van der Waals surface area contributed by atoms with E-state index in [1.807, 2.05) is 66.2 Å². The van der Waals surface area contributed by atoms with E-state index in [0.717, 1.165) is 21.5 Å². The molecule has 4 nitrogen and oxygen atoms in total. The Hall–Kier alpha value is -2.53. The molecule has 3 aromatic rings. The van der Waals surface area contributed by atoms with Gasteiger partial charge in [0.05, 0.1) is 31.0 Å². The molecule has 1 atom stereocenters. The molecule has 0 saturated carbocycles. The van der Waals surface area contributed by atoms with Crippen LogP contribution in [-0.4, -0.2) is 19.1 Å². The molecule has 0 fully saturated rings. The van der Waals surface area contributed by atoms with Gasteiger partial charge in [-0.05, 0) is 29.8 Å². The average Bonchev–Trinajstić information content (AvgIpc) is 2.84. The van der Waals surface area contributed by atoms with Gasteiger partial charge in [-0.25, -0.2) is 9.19 Å². The molecule has 1 unspecified atom stereocenters. The predicted octanol–water partition coefficient (Wildman–Crippen LogP) is 2.56. The highest BCUT2D eigenvalue weighted by Gasteiger charge is 2.17. The highest BCUT2D eigenvalue weighted by atomic mass is 32.2. The first kappa shape index (κ1) is 13.2. The second-order valence-corrected chi connectivity index (χ2v) is 7.34. The highest BCUT2D eigenvalue weighted by Crippen LogP contribution is 2.22. The van der Waals surface area contributed by atoms with Gasteiger partial charge >= 0.3 is 0 Å². The number of hydrogen-bond acceptors (Lipinski definition) is 2. The Kier molecular flexibility index (Phi) is 2.84. The van der Waals surface area contributed by atoms with Crippen LogP contribution in [0.25, 0.3) is 17.1 Å². The second kappa shape index (κ2) is 4.74. The lowest BCUT2D eigenvalue weighted by molar-refractivity contribution is 0.676. The predicted molar refractivity (Wildman–Crippen MR) is 90.9 cm³/mol. The third-order valence-electron chi connectivity index (χ3n) is 3.84. The van der Waals surface area contributed by atoms with Crippen molar-refractivity contribution in [2.45, 2.75) is 4.90 Å². The number of rotatable bonds is 1. The van der Waals surface area contributed by atoms with Crippen LogP contribution < -0.4 is 4.72 Å². The molecule has 1 aromatic heterocycles. The fourth-order valence-corrected chi connectivity index (χ4v) is 4.57. The van der Waals surface area contributed by atoms with Crippen molar-refractivity contribution in [3.8, 4) is 0 Å². The molecule has 0 aliphatic carbocycles. The monoisotopic (exact) mass is 309 g/mol. The summed E-state index contributed by atoms with van der Waals surface area (Å²) < 4.78 is 18.3. The van der Waals surface area contributed by atoms with Gasteiger partial charge in [-0.2, -0.15) is 0 Å². The summed E-state index contributed by atoms with van der Waals surface area (Å²) in [7, 11) is -0.579. The molecule has 1 aliphatic rings. The summed E-state index contributed by atoms with van der Waals surface area (Å²) in [5, 5.41) is 1.73. The lowest BCUT2D eigenvalue weighted by Gasteiger charge is -2.18. The summed E-state index contributed by atoms with van der Waals surface area (Å²) in [6.07, 6.45) is 3.67. The first-order chi connectivity index (χ1) is 10.7. The lowest BCUT2D eigenvalue weighted by Crippen LogP contribution is -2.25. The maximum absolute atomic E-state index is 13.4. The first-order valence-corrected chi connectivity index (χ1v) is 8.63. The van der Waals surface area contributed by atoms with Crippen molar-refractivity contribution in [1.82, 2.24) is 14.3 Å². The van der Waals surface area contributed by atoms with E-state index in [4.69, 9.17) is 0 Å².